The topological polar surface area (TPSA) is 70.2 Å². The van der Waals surface area contributed by atoms with E-state index in [-0.39, 0.29) is 17.9 Å². The minimum Gasteiger partial charge on any atom is -0.355 e. The molecule has 102 valence electrons. The second kappa shape index (κ2) is 6.58. The van der Waals surface area contributed by atoms with Gasteiger partial charge in [-0.1, -0.05) is 12.1 Å². The zero-order chi connectivity index (χ0) is 13.7. The van der Waals surface area contributed by atoms with Crippen molar-refractivity contribution in [1.29, 1.82) is 0 Å². The summed E-state index contributed by atoms with van der Waals surface area (Å²) in [6.45, 7) is 0.833. The van der Waals surface area contributed by atoms with E-state index in [0.29, 0.717) is 11.3 Å². The van der Waals surface area contributed by atoms with Crippen LogP contribution in [0.1, 0.15) is 10.4 Å². The molecule has 0 aliphatic carbocycles. The van der Waals surface area contributed by atoms with Crippen LogP contribution in [0.5, 0.6) is 0 Å². The molecular formula is C13H17N3O2S. The summed E-state index contributed by atoms with van der Waals surface area (Å²) in [5.41, 5.74) is 1.02. The van der Waals surface area contributed by atoms with Gasteiger partial charge in [-0.25, -0.2) is 0 Å². The van der Waals surface area contributed by atoms with Gasteiger partial charge in [-0.05, 0) is 12.1 Å². The molecule has 0 spiro atoms. The average molecular weight is 279 g/mol. The first kappa shape index (κ1) is 13.9. The first-order valence-corrected chi connectivity index (χ1v) is 7.31. The highest BCUT2D eigenvalue weighted by molar-refractivity contribution is 7.99. The molecule has 19 heavy (non-hydrogen) atoms. The molecule has 1 fully saturated rings. The van der Waals surface area contributed by atoms with E-state index in [1.54, 1.807) is 43.1 Å². The van der Waals surface area contributed by atoms with E-state index in [9.17, 15) is 9.59 Å². The number of carbonyl (C=O) groups is 2. The molecule has 6 heteroatoms. The number of para-hydroxylation sites is 1. The Hall–Kier alpha value is -1.53. The minimum atomic E-state index is -0.207. The van der Waals surface area contributed by atoms with Crippen LogP contribution in [0.4, 0.5) is 5.69 Å². The summed E-state index contributed by atoms with van der Waals surface area (Å²) in [6.07, 6.45) is 0. The summed E-state index contributed by atoms with van der Waals surface area (Å²) in [5.74, 6) is 1.48. The van der Waals surface area contributed by atoms with Crippen LogP contribution < -0.4 is 16.0 Å². The molecule has 1 atom stereocenters. The summed E-state index contributed by atoms with van der Waals surface area (Å²) in [5, 5.41) is 8.55. The highest BCUT2D eigenvalue weighted by Gasteiger charge is 2.22. The van der Waals surface area contributed by atoms with Crippen LogP contribution >= 0.6 is 11.8 Å². The van der Waals surface area contributed by atoms with Crippen molar-refractivity contribution >= 4 is 29.3 Å². The van der Waals surface area contributed by atoms with Gasteiger partial charge >= 0.3 is 0 Å². The Morgan fingerprint density at radius 2 is 2.16 bits per heavy atom. The predicted octanol–water partition coefficient (Wildman–Crippen LogP) is 0.690. The van der Waals surface area contributed by atoms with E-state index in [4.69, 9.17) is 0 Å². The van der Waals surface area contributed by atoms with Crippen molar-refractivity contribution in [2.75, 3.05) is 30.4 Å². The largest absolute Gasteiger partial charge is 0.355 e. The molecule has 0 aromatic heterocycles. The minimum absolute atomic E-state index is 0.0939. The lowest BCUT2D eigenvalue weighted by Gasteiger charge is -2.22. The highest BCUT2D eigenvalue weighted by Crippen LogP contribution is 2.16. The number of nitrogens with one attached hydrogen (secondary N) is 3. The van der Waals surface area contributed by atoms with Crippen LogP contribution in [-0.2, 0) is 4.79 Å². The Bertz CT molecular complexity index is 473. The summed E-state index contributed by atoms with van der Waals surface area (Å²) >= 11 is 1.75. The fraction of sp³-hybridized carbons (Fsp3) is 0.385. The van der Waals surface area contributed by atoms with Crippen molar-refractivity contribution in [1.82, 2.24) is 10.6 Å². The molecule has 1 aliphatic rings. The van der Waals surface area contributed by atoms with Gasteiger partial charge < -0.3 is 16.0 Å². The quantitative estimate of drug-likeness (QED) is 0.761. The molecule has 5 nitrogen and oxygen atoms in total. The normalized spacial score (nSPS) is 18.7. The fourth-order valence-corrected chi connectivity index (χ4v) is 2.81. The van der Waals surface area contributed by atoms with Crippen LogP contribution in [0.25, 0.3) is 0 Å². The van der Waals surface area contributed by atoms with Gasteiger partial charge in [0.05, 0.1) is 17.3 Å². The molecule has 1 aromatic carbocycles. The third-order valence-corrected chi connectivity index (χ3v) is 3.96. The Kier molecular flexibility index (Phi) is 4.81. The number of thioether (sulfide) groups is 1. The van der Waals surface area contributed by atoms with Crippen molar-refractivity contribution in [3.63, 3.8) is 0 Å². The van der Waals surface area contributed by atoms with E-state index in [2.05, 4.69) is 16.0 Å². The zero-order valence-electron chi connectivity index (χ0n) is 10.7. The maximum Gasteiger partial charge on any atom is 0.253 e. The molecular weight excluding hydrogens is 262 g/mol. The van der Waals surface area contributed by atoms with Gasteiger partial charge in [0.15, 0.2) is 0 Å². The van der Waals surface area contributed by atoms with E-state index in [0.717, 1.165) is 18.1 Å². The molecule has 0 radical (unpaired) electrons. The summed E-state index contributed by atoms with van der Waals surface area (Å²) in [7, 11) is 1.57. The Labute approximate surface area is 116 Å². The van der Waals surface area contributed by atoms with Crippen LogP contribution in [0.2, 0.25) is 0 Å². The lowest BCUT2D eigenvalue weighted by atomic mass is 10.1. The number of rotatable bonds is 3. The van der Waals surface area contributed by atoms with Crippen LogP contribution in [0, 0.1) is 0 Å². The van der Waals surface area contributed by atoms with Gasteiger partial charge in [0.2, 0.25) is 5.91 Å². The second-order valence-electron chi connectivity index (χ2n) is 4.20. The first-order valence-electron chi connectivity index (χ1n) is 6.15. The maximum atomic E-state index is 12.1. The third-order valence-electron chi connectivity index (χ3n) is 2.89. The monoisotopic (exact) mass is 279 g/mol. The standard InChI is InChI=1S/C13H17N3O2S/c1-14-12(17)9-4-2-3-5-10(9)16-13(18)11-8-19-7-6-15-11/h2-5,11,15H,6-8H2,1H3,(H,14,17)(H,16,18). The molecule has 0 saturated carbocycles. The number of benzene rings is 1. The van der Waals surface area contributed by atoms with Crippen LogP contribution in [0.15, 0.2) is 24.3 Å². The van der Waals surface area contributed by atoms with E-state index in [1.807, 2.05) is 0 Å². The molecule has 1 aliphatic heterocycles. The number of hydrogen-bond donors (Lipinski definition) is 3. The highest BCUT2D eigenvalue weighted by atomic mass is 32.2. The molecule has 1 aromatic rings. The van der Waals surface area contributed by atoms with Gasteiger partial charge in [-0.15, -0.1) is 0 Å². The first-order chi connectivity index (χ1) is 9.22. The second-order valence-corrected chi connectivity index (χ2v) is 5.35. The van der Waals surface area contributed by atoms with Gasteiger partial charge in [-0.2, -0.15) is 11.8 Å². The number of hydrogen-bond acceptors (Lipinski definition) is 4. The van der Waals surface area contributed by atoms with E-state index >= 15 is 0 Å². The Morgan fingerprint density at radius 3 is 2.84 bits per heavy atom. The van der Waals surface area contributed by atoms with Gasteiger partial charge in [0.1, 0.15) is 0 Å². The van der Waals surface area contributed by atoms with E-state index in [1.165, 1.54) is 0 Å². The lowest BCUT2D eigenvalue weighted by molar-refractivity contribution is -0.117. The maximum absolute atomic E-state index is 12.1. The molecule has 3 N–H and O–H groups in total. The summed E-state index contributed by atoms with van der Waals surface area (Å²) < 4.78 is 0. The van der Waals surface area contributed by atoms with Crippen molar-refractivity contribution < 1.29 is 9.59 Å². The summed E-state index contributed by atoms with van der Waals surface area (Å²) in [6, 6.07) is 6.80. The number of amides is 2. The Morgan fingerprint density at radius 1 is 1.37 bits per heavy atom. The molecule has 2 amide bonds. The molecule has 2 rings (SSSR count). The van der Waals surface area contributed by atoms with Gasteiger partial charge in [0.25, 0.3) is 5.91 Å². The van der Waals surface area contributed by atoms with Gasteiger partial charge in [0, 0.05) is 25.1 Å². The molecule has 1 saturated heterocycles. The number of carbonyl (C=O) groups excluding carboxylic acids is 2. The molecule has 1 unspecified atom stereocenters. The smallest absolute Gasteiger partial charge is 0.253 e. The number of anilines is 1. The van der Waals surface area contributed by atoms with Crippen molar-refractivity contribution in [3.8, 4) is 0 Å². The van der Waals surface area contributed by atoms with Crippen LogP contribution in [0.3, 0.4) is 0 Å². The van der Waals surface area contributed by atoms with E-state index < -0.39 is 0 Å². The average Bonchev–Trinajstić information content (AvgIpc) is 2.48. The SMILES string of the molecule is CNC(=O)c1ccccc1NC(=O)C1CSCCN1. The zero-order valence-corrected chi connectivity index (χ0v) is 11.5. The fourth-order valence-electron chi connectivity index (χ4n) is 1.88. The van der Waals surface area contributed by atoms with Crippen LogP contribution in [-0.4, -0.2) is 43.0 Å². The summed E-state index contributed by atoms with van der Waals surface area (Å²) in [4.78, 5) is 23.8. The van der Waals surface area contributed by atoms with Gasteiger partial charge in [-0.3, -0.25) is 9.59 Å². The molecule has 1 heterocycles. The third kappa shape index (κ3) is 3.48. The lowest BCUT2D eigenvalue weighted by Crippen LogP contribution is -2.46. The van der Waals surface area contributed by atoms with Crippen molar-refractivity contribution in [2.45, 2.75) is 6.04 Å². The van der Waals surface area contributed by atoms with Crippen molar-refractivity contribution in [3.05, 3.63) is 29.8 Å². The molecule has 0 bridgehead atoms. The predicted molar refractivity (Wildman–Crippen MR) is 77.6 cm³/mol. The van der Waals surface area contributed by atoms with Crippen molar-refractivity contribution in [2.24, 2.45) is 0 Å². The Balaban J connectivity index is 2.09.